The van der Waals surface area contributed by atoms with E-state index in [0.29, 0.717) is 0 Å². The van der Waals surface area contributed by atoms with Gasteiger partial charge in [-0.1, -0.05) is 17.7 Å². The van der Waals surface area contributed by atoms with E-state index in [1.807, 2.05) is 4.98 Å². The smallest absolute Gasteiger partial charge is 0.342 e. The van der Waals surface area contributed by atoms with Crippen LogP contribution in [-0.2, 0) is 0 Å². The van der Waals surface area contributed by atoms with E-state index < -0.39 is 51.4 Å². The maximum atomic E-state index is 14.1. The summed E-state index contributed by atoms with van der Waals surface area (Å²) in [6, 6.07) is 3.43. The average molecular weight is 327 g/mol. The zero-order chi connectivity index (χ0) is 16.6. The fraction of sp³-hybridized carbons (Fsp3) is 0. The quantitative estimate of drug-likeness (QED) is 0.679. The molecule has 0 fully saturated rings. The minimum atomic E-state index is -1.74. The number of pyridine rings is 1. The lowest BCUT2D eigenvalue weighted by Gasteiger charge is -2.13. The van der Waals surface area contributed by atoms with Gasteiger partial charge in [-0.05, 0) is 12.1 Å². The van der Waals surface area contributed by atoms with E-state index in [4.69, 9.17) is 22.4 Å². The van der Waals surface area contributed by atoms with E-state index >= 15 is 0 Å². The molecule has 0 radical (unpaired) electrons. The first-order chi connectivity index (χ1) is 10.3. The molecular weight excluding hydrogens is 319 g/mol. The number of carbonyl (C=O) groups is 2. The van der Waals surface area contributed by atoms with E-state index in [2.05, 4.69) is 0 Å². The molecule has 9 heteroatoms. The number of anilines is 1. The van der Waals surface area contributed by atoms with Gasteiger partial charge in [0.1, 0.15) is 22.8 Å². The third-order valence-electron chi connectivity index (χ3n) is 2.89. The van der Waals surface area contributed by atoms with Gasteiger partial charge in [0.05, 0.1) is 5.02 Å². The van der Waals surface area contributed by atoms with Gasteiger partial charge in [0.2, 0.25) is 0 Å². The Morgan fingerprint density at radius 3 is 2.23 bits per heavy atom. The highest BCUT2D eigenvalue weighted by atomic mass is 35.5. The van der Waals surface area contributed by atoms with Crippen LogP contribution >= 0.6 is 11.6 Å². The summed E-state index contributed by atoms with van der Waals surface area (Å²) in [6.07, 6.45) is 0. The molecule has 1 aromatic carbocycles. The molecule has 0 saturated carbocycles. The predicted molar refractivity (Wildman–Crippen MR) is 75.8 cm³/mol. The summed E-state index contributed by atoms with van der Waals surface area (Å²) in [6.45, 7) is 0. The molecular formula is C13H8ClFN2O5. The molecule has 2 rings (SSSR count). The standard InChI is InChI=1S/C13H8ClFN2O5/c14-4-2-1-3-5(15)6(4)7-8(12(19)20)10(16)17-11(18)9(7)13(21)22/h1-3H,(H,19,20)(H,21,22)(H3,16,17,18). The molecule has 0 aliphatic rings. The van der Waals surface area contributed by atoms with Crippen molar-refractivity contribution >= 4 is 29.4 Å². The average Bonchev–Trinajstić information content (AvgIpc) is 2.36. The van der Waals surface area contributed by atoms with Crippen LogP contribution in [0.2, 0.25) is 5.02 Å². The second-order valence-corrected chi connectivity index (χ2v) is 4.61. The van der Waals surface area contributed by atoms with E-state index in [1.165, 1.54) is 12.1 Å². The molecule has 1 heterocycles. The highest BCUT2D eigenvalue weighted by molar-refractivity contribution is 6.34. The van der Waals surface area contributed by atoms with Crippen LogP contribution in [0.1, 0.15) is 20.7 Å². The van der Waals surface area contributed by atoms with Gasteiger partial charge >= 0.3 is 11.9 Å². The van der Waals surface area contributed by atoms with Gasteiger partial charge in [0, 0.05) is 11.1 Å². The number of aromatic amines is 1. The van der Waals surface area contributed by atoms with Crippen molar-refractivity contribution in [3.8, 4) is 11.1 Å². The van der Waals surface area contributed by atoms with Crippen molar-refractivity contribution < 1.29 is 24.2 Å². The number of rotatable bonds is 3. The van der Waals surface area contributed by atoms with Crippen LogP contribution in [0.25, 0.3) is 11.1 Å². The summed E-state index contributed by atoms with van der Waals surface area (Å²) >= 11 is 5.84. The molecule has 114 valence electrons. The molecule has 5 N–H and O–H groups in total. The molecule has 0 spiro atoms. The van der Waals surface area contributed by atoms with Crippen molar-refractivity contribution in [1.29, 1.82) is 0 Å². The van der Waals surface area contributed by atoms with Crippen molar-refractivity contribution in [2.45, 2.75) is 0 Å². The Balaban J connectivity index is 3.10. The van der Waals surface area contributed by atoms with Crippen molar-refractivity contribution in [1.82, 2.24) is 4.98 Å². The monoisotopic (exact) mass is 326 g/mol. The molecule has 22 heavy (non-hydrogen) atoms. The van der Waals surface area contributed by atoms with E-state index in [-0.39, 0.29) is 5.02 Å². The summed E-state index contributed by atoms with van der Waals surface area (Å²) in [4.78, 5) is 36.4. The number of nitrogens with one attached hydrogen (secondary N) is 1. The Labute approximate surface area is 126 Å². The number of hydrogen-bond acceptors (Lipinski definition) is 4. The first kappa shape index (κ1) is 15.5. The fourth-order valence-electron chi connectivity index (χ4n) is 2.03. The molecule has 2 aromatic rings. The summed E-state index contributed by atoms with van der Waals surface area (Å²) in [5.74, 6) is -4.96. The summed E-state index contributed by atoms with van der Waals surface area (Å²) < 4.78 is 14.1. The second kappa shape index (κ2) is 5.49. The normalized spacial score (nSPS) is 10.5. The number of nitrogen functional groups attached to an aromatic ring is 1. The van der Waals surface area contributed by atoms with Gasteiger partial charge in [-0.15, -0.1) is 0 Å². The number of halogens is 2. The molecule has 0 bridgehead atoms. The third kappa shape index (κ3) is 2.40. The number of carboxylic acid groups (broad SMARTS) is 2. The van der Waals surface area contributed by atoms with Crippen molar-refractivity contribution in [3.63, 3.8) is 0 Å². The first-order valence-corrected chi connectivity index (χ1v) is 6.10. The third-order valence-corrected chi connectivity index (χ3v) is 3.20. The molecule has 0 amide bonds. The SMILES string of the molecule is Nc1[nH]c(=O)c(C(=O)O)c(-c2c(F)cccc2Cl)c1C(=O)O. The Morgan fingerprint density at radius 1 is 1.14 bits per heavy atom. The molecule has 1 aromatic heterocycles. The minimum absolute atomic E-state index is 0.255. The number of aromatic nitrogens is 1. The van der Waals surface area contributed by atoms with Crippen LogP contribution in [0.4, 0.5) is 10.2 Å². The molecule has 0 aliphatic carbocycles. The summed E-state index contributed by atoms with van der Waals surface area (Å²) in [7, 11) is 0. The maximum Gasteiger partial charge on any atom is 0.342 e. The fourth-order valence-corrected chi connectivity index (χ4v) is 2.29. The number of H-pyrrole nitrogens is 1. The molecule has 0 unspecified atom stereocenters. The Bertz CT molecular complexity index is 842. The molecule has 0 atom stereocenters. The maximum absolute atomic E-state index is 14.1. The second-order valence-electron chi connectivity index (χ2n) is 4.20. The van der Waals surface area contributed by atoms with Gasteiger partial charge in [-0.2, -0.15) is 0 Å². The van der Waals surface area contributed by atoms with Gasteiger partial charge in [0.25, 0.3) is 5.56 Å². The number of hydrogen-bond donors (Lipinski definition) is 4. The van der Waals surface area contributed by atoms with E-state index in [9.17, 15) is 23.9 Å². The molecule has 0 aliphatic heterocycles. The van der Waals surface area contributed by atoms with Crippen LogP contribution in [0.3, 0.4) is 0 Å². The lowest BCUT2D eigenvalue weighted by atomic mass is 9.95. The van der Waals surface area contributed by atoms with Crippen LogP contribution in [0.15, 0.2) is 23.0 Å². The summed E-state index contributed by atoms with van der Waals surface area (Å²) in [5.41, 5.74) is 1.37. The number of benzene rings is 1. The van der Waals surface area contributed by atoms with Crippen LogP contribution < -0.4 is 11.3 Å². The van der Waals surface area contributed by atoms with Gasteiger partial charge in [-0.3, -0.25) is 4.79 Å². The lowest BCUT2D eigenvalue weighted by molar-refractivity contribution is 0.0695. The topological polar surface area (TPSA) is 133 Å². The Morgan fingerprint density at radius 2 is 1.73 bits per heavy atom. The van der Waals surface area contributed by atoms with Crippen molar-refractivity contribution in [2.24, 2.45) is 0 Å². The van der Waals surface area contributed by atoms with E-state index in [1.54, 1.807) is 0 Å². The Kier molecular flexibility index (Phi) is 3.87. The van der Waals surface area contributed by atoms with Crippen molar-refractivity contribution in [3.05, 3.63) is 50.5 Å². The number of carboxylic acids is 2. The highest BCUT2D eigenvalue weighted by Gasteiger charge is 2.29. The predicted octanol–water partition coefficient (Wildman–Crippen LogP) is 1.81. The van der Waals surface area contributed by atoms with Gasteiger partial charge < -0.3 is 20.9 Å². The zero-order valence-electron chi connectivity index (χ0n) is 10.7. The van der Waals surface area contributed by atoms with E-state index in [0.717, 1.165) is 6.07 Å². The van der Waals surface area contributed by atoms with Gasteiger partial charge in [-0.25, -0.2) is 14.0 Å². The van der Waals surface area contributed by atoms with Crippen LogP contribution in [0.5, 0.6) is 0 Å². The van der Waals surface area contributed by atoms with Crippen LogP contribution in [0, 0.1) is 5.82 Å². The molecule has 0 saturated heterocycles. The number of aromatic carboxylic acids is 2. The first-order valence-electron chi connectivity index (χ1n) is 5.72. The van der Waals surface area contributed by atoms with Crippen LogP contribution in [-0.4, -0.2) is 27.1 Å². The summed E-state index contributed by atoms with van der Waals surface area (Å²) in [5, 5.41) is 18.1. The van der Waals surface area contributed by atoms with Gasteiger partial charge in [0.15, 0.2) is 0 Å². The molecule has 7 nitrogen and oxygen atoms in total. The number of nitrogens with two attached hydrogens (primary N) is 1. The highest BCUT2D eigenvalue weighted by Crippen LogP contribution is 2.36. The lowest BCUT2D eigenvalue weighted by Crippen LogP contribution is -2.24. The Hall–Kier alpha value is -2.87. The minimum Gasteiger partial charge on any atom is -0.478 e. The zero-order valence-corrected chi connectivity index (χ0v) is 11.4. The van der Waals surface area contributed by atoms with Crippen molar-refractivity contribution in [2.75, 3.05) is 5.73 Å². The largest absolute Gasteiger partial charge is 0.478 e.